The molecule has 1 heterocycles. The maximum atomic E-state index is 12.7. The molecule has 0 atom stereocenters. The van der Waals surface area contributed by atoms with Gasteiger partial charge in [-0.1, -0.05) is 17.7 Å². The zero-order valence-electron chi connectivity index (χ0n) is 13.8. The van der Waals surface area contributed by atoms with Gasteiger partial charge in [0.1, 0.15) is 17.9 Å². The van der Waals surface area contributed by atoms with E-state index in [9.17, 15) is 14.9 Å². The smallest absolute Gasteiger partial charge is 0.310 e. The third-order valence-corrected chi connectivity index (χ3v) is 3.91. The molecule has 2 aromatic rings. The van der Waals surface area contributed by atoms with E-state index in [-0.39, 0.29) is 36.8 Å². The van der Waals surface area contributed by atoms with Crippen LogP contribution in [0.15, 0.2) is 24.3 Å². The zero-order chi connectivity index (χ0) is 18.6. The van der Waals surface area contributed by atoms with Gasteiger partial charge in [0.15, 0.2) is 0 Å². The van der Waals surface area contributed by atoms with E-state index >= 15 is 0 Å². The lowest BCUT2D eigenvalue weighted by Gasteiger charge is -2.22. The number of hydrogen-bond acceptors (Lipinski definition) is 5. The number of nitrogens with zero attached hydrogens (tertiary/aromatic N) is 5. The monoisotopic (exact) mass is 361 g/mol. The first-order valence-electron chi connectivity index (χ1n) is 7.46. The minimum Gasteiger partial charge on any atom is -0.310 e. The highest BCUT2D eigenvalue weighted by Gasteiger charge is 2.24. The summed E-state index contributed by atoms with van der Waals surface area (Å²) in [4.78, 5) is 24.7. The lowest BCUT2D eigenvalue weighted by Crippen LogP contribution is -2.35. The van der Waals surface area contributed by atoms with E-state index in [1.165, 1.54) is 16.5 Å². The molecule has 0 aliphatic rings. The molecule has 1 aromatic heterocycles. The van der Waals surface area contributed by atoms with Gasteiger partial charge in [-0.2, -0.15) is 10.4 Å². The molecule has 0 bridgehead atoms. The SMILES string of the molecule is Cc1nn(CC(=O)N(CCC#N)c2cccc(Cl)c2)c(C)c1[N+](=O)[O-]. The Hall–Kier alpha value is -2.92. The van der Waals surface area contributed by atoms with Gasteiger partial charge >= 0.3 is 5.69 Å². The molecule has 0 fully saturated rings. The fourth-order valence-corrected chi connectivity index (χ4v) is 2.71. The molecule has 25 heavy (non-hydrogen) atoms. The van der Waals surface area contributed by atoms with Crippen molar-refractivity contribution in [3.63, 3.8) is 0 Å². The summed E-state index contributed by atoms with van der Waals surface area (Å²) in [5, 5.41) is 24.5. The minimum absolute atomic E-state index is 0.0980. The first-order valence-corrected chi connectivity index (χ1v) is 7.84. The molecule has 0 unspecified atom stereocenters. The lowest BCUT2D eigenvalue weighted by molar-refractivity contribution is -0.386. The Bertz CT molecular complexity index is 856. The molecule has 0 saturated carbocycles. The van der Waals surface area contributed by atoms with Gasteiger partial charge in [0, 0.05) is 17.3 Å². The second-order valence-corrected chi connectivity index (χ2v) is 5.80. The van der Waals surface area contributed by atoms with Crippen LogP contribution in [0, 0.1) is 35.3 Å². The molecule has 0 saturated heterocycles. The van der Waals surface area contributed by atoms with Crippen molar-refractivity contribution in [3.8, 4) is 6.07 Å². The van der Waals surface area contributed by atoms with Crippen LogP contribution < -0.4 is 4.90 Å². The lowest BCUT2D eigenvalue weighted by atomic mass is 10.2. The van der Waals surface area contributed by atoms with Crippen molar-refractivity contribution in [2.75, 3.05) is 11.4 Å². The fraction of sp³-hybridized carbons (Fsp3) is 0.312. The van der Waals surface area contributed by atoms with Gasteiger partial charge in [-0.05, 0) is 32.0 Å². The quantitative estimate of drug-likeness (QED) is 0.580. The van der Waals surface area contributed by atoms with Crippen molar-refractivity contribution in [2.24, 2.45) is 0 Å². The molecule has 1 amide bonds. The normalized spacial score (nSPS) is 10.3. The summed E-state index contributed by atoms with van der Waals surface area (Å²) < 4.78 is 1.31. The number of rotatable bonds is 6. The topological polar surface area (TPSA) is 105 Å². The third-order valence-electron chi connectivity index (χ3n) is 3.68. The van der Waals surface area contributed by atoms with E-state index < -0.39 is 4.92 Å². The first-order chi connectivity index (χ1) is 11.8. The highest BCUT2D eigenvalue weighted by Crippen LogP contribution is 2.23. The number of carbonyl (C=O) groups excluding carboxylic acids is 1. The minimum atomic E-state index is -0.511. The van der Waals surface area contributed by atoms with Crippen molar-refractivity contribution in [3.05, 3.63) is 50.8 Å². The van der Waals surface area contributed by atoms with Crippen molar-refractivity contribution in [2.45, 2.75) is 26.8 Å². The maximum absolute atomic E-state index is 12.7. The number of amides is 1. The van der Waals surface area contributed by atoms with E-state index in [0.29, 0.717) is 16.4 Å². The number of nitro groups is 1. The standard InChI is InChI=1S/C16H16ClN5O3/c1-11-16(22(24)25)12(2)21(19-11)10-15(23)20(8-4-7-18)14-6-3-5-13(17)9-14/h3,5-6,9H,4,8,10H2,1-2H3. The van der Waals surface area contributed by atoms with Crippen molar-refractivity contribution >= 4 is 28.9 Å². The molecule has 9 heteroatoms. The molecule has 130 valence electrons. The van der Waals surface area contributed by atoms with E-state index in [4.69, 9.17) is 16.9 Å². The molecule has 0 N–H and O–H groups in total. The van der Waals surface area contributed by atoms with E-state index in [2.05, 4.69) is 5.10 Å². The highest BCUT2D eigenvalue weighted by atomic mass is 35.5. The predicted octanol–water partition coefficient (Wildman–Crippen LogP) is 3.01. The maximum Gasteiger partial charge on any atom is 0.312 e. The summed E-state index contributed by atoms with van der Waals surface area (Å²) >= 11 is 5.98. The molecule has 0 aliphatic carbocycles. The fourth-order valence-electron chi connectivity index (χ4n) is 2.52. The Morgan fingerprint density at radius 3 is 2.76 bits per heavy atom. The summed E-state index contributed by atoms with van der Waals surface area (Å²) in [5.74, 6) is -0.335. The molecular weight excluding hydrogens is 346 g/mol. The van der Waals surface area contributed by atoms with Gasteiger partial charge in [-0.15, -0.1) is 0 Å². The number of aromatic nitrogens is 2. The molecule has 1 aromatic carbocycles. The molecule has 2 rings (SSSR count). The van der Waals surface area contributed by atoms with Gasteiger partial charge in [-0.3, -0.25) is 19.6 Å². The van der Waals surface area contributed by atoms with Crippen LogP contribution in [0.25, 0.3) is 0 Å². The van der Waals surface area contributed by atoms with Crippen LogP contribution in [-0.2, 0) is 11.3 Å². The molecule has 0 spiro atoms. The summed E-state index contributed by atoms with van der Waals surface area (Å²) in [6, 6.07) is 8.73. The van der Waals surface area contributed by atoms with Gasteiger partial charge in [0.25, 0.3) is 0 Å². The molecule has 8 nitrogen and oxygen atoms in total. The van der Waals surface area contributed by atoms with Crippen LogP contribution in [0.2, 0.25) is 5.02 Å². The number of aryl methyl sites for hydroxylation is 1. The van der Waals surface area contributed by atoms with Crippen molar-refractivity contribution < 1.29 is 9.72 Å². The summed E-state index contributed by atoms with van der Waals surface area (Å²) in [5.41, 5.74) is 1.02. The van der Waals surface area contributed by atoms with Gasteiger partial charge in [-0.25, -0.2) is 0 Å². The molecule has 0 aliphatic heterocycles. The van der Waals surface area contributed by atoms with Gasteiger partial charge in [0.2, 0.25) is 5.91 Å². The van der Waals surface area contributed by atoms with Crippen LogP contribution in [0.1, 0.15) is 17.8 Å². The van der Waals surface area contributed by atoms with E-state index in [0.717, 1.165) is 0 Å². The Morgan fingerprint density at radius 2 is 2.20 bits per heavy atom. The summed E-state index contributed by atoms with van der Waals surface area (Å²) in [6.07, 6.45) is 0.148. The first kappa shape index (κ1) is 18.4. The average Bonchev–Trinajstić information content (AvgIpc) is 2.81. The average molecular weight is 362 g/mol. The van der Waals surface area contributed by atoms with Crippen LogP contribution in [0.5, 0.6) is 0 Å². The van der Waals surface area contributed by atoms with Crippen LogP contribution in [-0.4, -0.2) is 27.2 Å². The van der Waals surface area contributed by atoms with Gasteiger partial charge in [0.05, 0.1) is 17.4 Å². The van der Waals surface area contributed by atoms with Crippen LogP contribution in [0.3, 0.4) is 0 Å². The summed E-state index contributed by atoms with van der Waals surface area (Å²) in [6.45, 7) is 3.09. The second kappa shape index (κ2) is 7.77. The van der Waals surface area contributed by atoms with E-state index in [1.54, 1.807) is 31.2 Å². The van der Waals surface area contributed by atoms with Crippen LogP contribution in [0.4, 0.5) is 11.4 Å². The highest BCUT2D eigenvalue weighted by molar-refractivity contribution is 6.30. The Labute approximate surface area is 149 Å². The second-order valence-electron chi connectivity index (χ2n) is 5.37. The predicted molar refractivity (Wildman–Crippen MR) is 92.4 cm³/mol. The number of halogens is 1. The summed E-state index contributed by atoms with van der Waals surface area (Å²) in [7, 11) is 0. The molecule has 0 radical (unpaired) electrons. The van der Waals surface area contributed by atoms with E-state index in [1.807, 2.05) is 6.07 Å². The number of benzene rings is 1. The third kappa shape index (κ3) is 4.14. The Morgan fingerprint density at radius 1 is 1.48 bits per heavy atom. The number of nitriles is 1. The number of carbonyl (C=O) groups is 1. The van der Waals surface area contributed by atoms with Crippen LogP contribution >= 0.6 is 11.6 Å². The zero-order valence-corrected chi connectivity index (χ0v) is 14.5. The van der Waals surface area contributed by atoms with Gasteiger partial charge < -0.3 is 4.90 Å². The number of anilines is 1. The Kier molecular flexibility index (Phi) is 5.72. The Balaban J connectivity index is 2.30. The van der Waals surface area contributed by atoms with Crippen molar-refractivity contribution in [1.82, 2.24) is 9.78 Å². The number of hydrogen-bond donors (Lipinski definition) is 0. The largest absolute Gasteiger partial charge is 0.312 e. The van der Waals surface area contributed by atoms with Crippen molar-refractivity contribution in [1.29, 1.82) is 5.26 Å². The molecular formula is C16H16ClN5O3.